The van der Waals surface area contributed by atoms with Gasteiger partial charge in [-0.1, -0.05) is 42.5 Å². The molecule has 1 aliphatic heterocycles. The van der Waals surface area contributed by atoms with Crippen LogP contribution in [0.25, 0.3) is 11.0 Å². The van der Waals surface area contributed by atoms with E-state index in [1.165, 1.54) is 28.8 Å². The Balaban J connectivity index is 1.35. The van der Waals surface area contributed by atoms with Crippen molar-refractivity contribution in [2.45, 2.75) is 18.2 Å². The number of anilines is 2. The summed E-state index contributed by atoms with van der Waals surface area (Å²) in [6.07, 6.45) is 1.94. The highest BCUT2D eigenvalue weighted by molar-refractivity contribution is 7.92. The Labute approximate surface area is 254 Å². The molecule has 0 aliphatic carbocycles. The molecule has 6 rings (SSSR count). The number of benzene rings is 3. The van der Waals surface area contributed by atoms with Crippen LogP contribution in [0.5, 0.6) is 0 Å². The average molecular weight is 614 g/mol. The molecule has 3 heterocycles. The predicted molar refractivity (Wildman–Crippen MR) is 166 cm³/mol. The lowest BCUT2D eigenvalue weighted by Crippen LogP contribution is -2.49. The molecule has 3 aromatic carbocycles. The summed E-state index contributed by atoms with van der Waals surface area (Å²) in [6, 6.07) is 24.8. The van der Waals surface area contributed by atoms with Crippen molar-refractivity contribution in [2.24, 2.45) is 0 Å². The fourth-order valence-corrected chi connectivity index (χ4v) is 7.09. The zero-order valence-corrected chi connectivity index (χ0v) is 24.9. The number of fused-ring (bicyclic) bond motifs is 1. The first-order valence-corrected chi connectivity index (χ1v) is 15.7. The van der Waals surface area contributed by atoms with Crippen LogP contribution in [0.4, 0.5) is 11.4 Å². The number of amides is 1. The molecule has 10 nitrogen and oxygen atoms in total. The number of furan rings is 2. The van der Waals surface area contributed by atoms with E-state index in [1.807, 2.05) is 48.5 Å². The molecule has 1 saturated heterocycles. The molecule has 0 saturated carbocycles. The van der Waals surface area contributed by atoms with E-state index in [-0.39, 0.29) is 28.9 Å². The van der Waals surface area contributed by atoms with E-state index >= 15 is 0 Å². The first kappa shape index (κ1) is 29.1. The molecule has 226 valence electrons. The van der Waals surface area contributed by atoms with Crippen LogP contribution in [0, 0.1) is 6.92 Å². The molecular formula is C33H31N3O7S. The molecule has 0 atom stereocenters. The van der Waals surface area contributed by atoms with Gasteiger partial charge in [-0.15, -0.1) is 0 Å². The number of nitrogens with zero attached hydrogens (tertiary/aromatic N) is 3. The van der Waals surface area contributed by atoms with Gasteiger partial charge in [0.05, 0.1) is 22.5 Å². The number of para-hydroxylation sites is 2. The second kappa shape index (κ2) is 11.9. The summed E-state index contributed by atoms with van der Waals surface area (Å²) >= 11 is 0. The predicted octanol–water partition coefficient (Wildman–Crippen LogP) is 5.43. The van der Waals surface area contributed by atoms with Crippen molar-refractivity contribution in [3.8, 4) is 0 Å². The molecule has 2 aromatic heterocycles. The molecule has 44 heavy (non-hydrogen) atoms. The summed E-state index contributed by atoms with van der Waals surface area (Å²) in [5, 5.41) is 9.94. The standard InChI is InChI=1S/C33H31N3O7S/c1-23-26-22-25(13-14-29(26)43-31(23)33(38)39)44(40,41)36(16-15-24-8-3-2-4-9-24)28-11-6-5-10-27(28)34-17-19-35(20-18-34)32(37)30-12-7-21-42-30/h2-14,21-22H,15-20H2,1H3,(H,38,39). The van der Waals surface area contributed by atoms with E-state index in [2.05, 4.69) is 4.90 Å². The lowest BCUT2D eigenvalue weighted by molar-refractivity contribution is 0.0662. The van der Waals surface area contributed by atoms with Crippen molar-refractivity contribution in [3.63, 3.8) is 0 Å². The number of piperazine rings is 1. The summed E-state index contributed by atoms with van der Waals surface area (Å²) < 4.78 is 41.1. The third-order valence-corrected chi connectivity index (χ3v) is 9.74. The molecule has 0 bridgehead atoms. The molecule has 1 aliphatic rings. The molecule has 1 N–H and O–H groups in total. The van der Waals surface area contributed by atoms with Gasteiger partial charge in [-0.2, -0.15) is 0 Å². The lowest BCUT2D eigenvalue weighted by atomic mass is 10.1. The lowest BCUT2D eigenvalue weighted by Gasteiger charge is -2.38. The topological polar surface area (TPSA) is 125 Å². The van der Waals surface area contributed by atoms with Gasteiger partial charge in [-0.05, 0) is 61.4 Å². The van der Waals surface area contributed by atoms with Gasteiger partial charge in [0.1, 0.15) is 5.58 Å². The number of hydrogen-bond donors (Lipinski definition) is 1. The second-order valence-corrected chi connectivity index (χ2v) is 12.4. The van der Waals surface area contributed by atoms with Gasteiger partial charge in [-0.3, -0.25) is 9.10 Å². The highest BCUT2D eigenvalue weighted by atomic mass is 32.2. The molecular weight excluding hydrogens is 582 g/mol. The van der Waals surface area contributed by atoms with Crippen LogP contribution in [0.3, 0.4) is 0 Å². The average Bonchev–Trinajstić information content (AvgIpc) is 3.70. The minimum absolute atomic E-state index is 0.0302. The van der Waals surface area contributed by atoms with Crippen molar-refractivity contribution in [1.82, 2.24) is 4.90 Å². The van der Waals surface area contributed by atoms with Gasteiger partial charge < -0.3 is 23.7 Å². The largest absolute Gasteiger partial charge is 0.475 e. The maximum atomic E-state index is 14.5. The summed E-state index contributed by atoms with van der Waals surface area (Å²) in [5.41, 5.74) is 2.91. The number of aryl methyl sites for hydroxylation is 1. The zero-order valence-electron chi connectivity index (χ0n) is 24.0. The molecule has 0 radical (unpaired) electrons. The fourth-order valence-electron chi connectivity index (χ4n) is 5.59. The molecule has 0 spiro atoms. The Kier molecular flexibility index (Phi) is 7.88. The summed E-state index contributed by atoms with van der Waals surface area (Å²) in [5.74, 6) is -1.32. The number of carbonyl (C=O) groups is 2. The number of rotatable bonds is 9. The normalized spacial score (nSPS) is 13.8. The minimum atomic E-state index is -4.12. The van der Waals surface area contributed by atoms with Crippen molar-refractivity contribution < 1.29 is 31.9 Å². The summed E-state index contributed by atoms with van der Waals surface area (Å²) in [7, 11) is -4.12. The smallest absolute Gasteiger partial charge is 0.372 e. The highest BCUT2D eigenvalue weighted by Crippen LogP contribution is 2.36. The van der Waals surface area contributed by atoms with Crippen LogP contribution in [0.2, 0.25) is 0 Å². The van der Waals surface area contributed by atoms with E-state index in [4.69, 9.17) is 8.83 Å². The summed E-state index contributed by atoms with van der Waals surface area (Å²) in [4.78, 5) is 28.3. The third-order valence-electron chi connectivity index (χ3n) is 7.93. The maximum Gasteiger partial charge on any atom is 0.372 e. The Morgan fingerprint density at radius 2 is 1.64 bits per heavy atom. The van der Waals surface area contributed by atoms with Crippen LogP contribution in [0.15, 0.2) is 105 Å². The number of carboxylic acids is 1. The SMILES string of the molecule is Cc1c(C(=O)O)oc2ccc(S(=O)(=O)N(CCc3ccccc3)c3ccccc3N3CCN(C(=O)c4ccco4)CC3)cc12. The van der Waals surface area contributed by atoms with E-state index in [0.29, 0.717) is 54.8 Å². The van der Waals surface area contributed by atoms with Crippen molar-refractivity contribution in [2.75, 3.05) is 41.9 Å². The fraction of sp³-hybridized carbons (Fsp3) is 0.212. The Bertz CT molecular complexity index is 1910. The van der Waals surface area contributed by atoms with Gasteiger partial charge in [0, 0.05) is 43.7 Å². The monoisotopic (exact) mass is 613 g/mol. The Morgan fingerprint density at radius 3 is 2.34 bits per heavy atom. The van der Waals surface area contributed by atoms with Crippen LogP contribution >= 0.6 is 0 Å². The van der Waals surface area contributed by atoms with Crippen LogP contribution < -0.4 is 9.21 Å². The van der Waals surface area contributed by atoms with Crippen LogP contribution in [-0.2, 0) is 16.4 Å². The quantitative estimate of drug-likeness (QED) is 0.233. The highest BCUT2D eigenvalue weighted by Gasteiger charge is 2.31. The summed E-state index contributed by atoms with van der Waals surface area (Å²) in [6.45, 7) is 3.69. The molecule has 1 fully saturated rings. The first-order valence-electron chi connectivity index (χ1n) is 14.2. The minimum Gasteiger partial charge on any atom is -0.475 e. The van der Waals surface area contributed by atoms with E-state index in [9.17, 15) is 23.1 Å². The van der Waals surface area contributed by atoms with Crippen molar-refractivity contribution >= 4 is 44.2 Å². The number of sulfonamides is 1. The Hall–Kier alpha value is -5.03. The number of aromatic carboxylic acids is 1. The zero-order chi connectivity index (χ0) is 30.8. The van der Waals surface area contributed by atoms with Gasteiger partial charge in [0.2, 0.25) is 5.76 Å². The van der Waals surface area contributed by atoms with E-state index in [0.717, 1.165) is 11.3 Å². The number of hydrogen-bond acceptors (Lipinski definition) is 7. The first-order chi connectivity index (χ1) is 21.2. The third kappa shape index (κ3) is 5.53. The molecule has 1 amide bonds. The molecule has 11 heteroatoms. The van der Waals surface area contributed by atoms with Crippen molar-refractivity contribution in [1.29, 1.82) is 0 Å². The van der Waals surface area contributed by atoms with Gasteiger partial charge in [0.25, 0.3) is 15.9 Å². The number of carbonyl (C=O) groups excluding carboxylic acids is 1. The second-order valence-electron chi connectivity index (χ2n) is 10.6. The van der Waals surface area contributed by atoms with E-state index < -0.39 is 16.0 Å². The molecule has 5 aromatic rings. The van der Waals surface area contributed by atoms with Gasteiger partial charge >= 0.3 is 5.97 Å². The Morgan fingerprint density at radius 1 is 0.909 bits per heavy atom. The van der Waals surface area contributed by atoms with Crippen molar-refractivity contribution in [3.05, 3.63) is 114 Å². The van der Waals surface area contributed by atoms with E-state index in [1.54, 1.807) is 30.0 Å². The van der Waals surface area contributed by atoms with Crippen LogP contribution in [-0.4, -0.2) is 63.0 Å². The molecule has 0 unspecified atom stereocenters. The van der Waals surface area contributed by atoms with Gasteiger partial charge in [-0.25, -0.2) is 13.2 Å². The maximum absolute atomic E-state index is 14.5. The number of carboxylic acid groups (broad SMARTS) is 1. The van der Waals surface area contributed by atoms with Gasteiger partial charge in [0.15, 0.2) is 5.76 Å². The van der Waals surface area contributed by atoms with Crippen LogP contribution in [0.1, 0.15) is 32.2 Å².